The summed E-state index contributed by atoms with van der Waals surface area (Å²) >= 11 is 6.79. The summed E-state index contributed by atoms with van der Waals surface area (Å²) in [4.78, 5) is 24.5. The zero-order chi connectivity index (χ0) is 20.5. The number of aliphatic hydroxyl groups is 1. The maximum absolute atomic E-state index is 13.1. The Kier molecular flexibility index (Phi) is 6.15. The van der Waals surface area contributed by atoms with Crippen LogP contribution in [0.2, 0.25) is 4.34 Å². The number of ketones is 1. The maximum Gasteiger partial charge on any atom is 0.325 e. The van der Waals surface area contributed by atoms with Gasteiger partial charge in [-0.05, 0) is 36.4 Å². The van der Waals surface area contributed by atoms with E-state index in [1.165, 1.54) is 12.1 Å². The van der Waals surface area contributed by atoms with Gasteiger partial charge in [0.1, 0.15) is 11.9 Å². The van der Waals surface area contributed by atoms with Crippen LogP contribution in [0.4, 0.5) is 4.39 Å². The molecule has 11 heteroatoms. The number of carbonyl (C=O) groups excluding carboxylic acids is 2. The number of carbonyl (C=O) groups is 2. The molecule has 1 N–H and O–H groups in total. The molecule has 1 aliphatic rings. The van der Waals surface area contributed by atoms with Gasteiger partial charge in [0.25, 0.3) is 0 Å². The van der Waals surface area contributed by atoms with Gasteiger partial charge in [0.2, 0.25) is 15.8 Å². The van der Waals surface area contributed by atoms with Crippen molar-refractivity contribution in [2.24, 2.45) is 0 Å². The minimum absolute atomic E-state index is 0.168. The molecule has 0 spiro atoms. The van der Waals surface area contributed by atoms with Gasteiger partial charge in [-0.2, -0.15) is 4.31 Å². The maximum atomic E-state index is 13.1. The van der Waals surface area contributed by atoms with Crippen molar-refractivity contribution in [3.05, 3.63) is 51.4 Å². The second-order valence-electron chi connectivity index (χ2n) is 6.07. The Hall–Kier alpha value is -1.85. The second-order valence-corrected chi connectivity index (χ2v) is 9.67. The van der Waals surface area contributed by atoms with Gasteiger partial charge in [-0.3, -0.25) is 9.59 Å². The van der Waals surface area contributed by atoms with Crippen LogP contribution in [0, 0.1) is 5.82 Å². The second kappa shape index (κ2) is 8.26. The number of esters is 1. The first-order chi connectivity index (χ1) is 13.2. The van der Waals surface area contributed by atoms with E-state index < -0.39 is 46.3 Å². The molecule has 2 aromatic rings. The van der Waals surface area contributed by atoms with Crippen LogP contribution in [0.25, 0.3) is 0 Å². The van der Waals surface area contributed by atoms with E-state index in [-0.39, 0.29) is 17.9 Å². The highest BCUT2D eigenvalue weighted by atomic mass is 35.5. The molecule has 2 atom stereocenters. The van der Waals surface area contributed by atoms with Crippen LogP contribution in [0.5, 0.6) is 0 Å². The lowest BCUT2D eigenvalue weighted by molar-refractivity contribution is -0.146. The fourth-order valence-corrected chi connectivity index (χ4v) is 5.37. The predicted octanol–water partition coefficient (Wildman–Crippen LogP) is 2.09. The molecular weight excluding hydrogens is 433 g/mol. The largest absolute Gasteiger partial charge is 0.456 e. The van der Waals surface area contributed by atoms with Crippen molar-refractivity contribution in [2.75, 3.05) is 13.2 Å². The van der Waals surface area contributed by atoms with E-state index in [0.717, 1.165) is 39.9 Å². The number of rotatable bonds is 6. The monoisotopic (exact) mass is 447 g/mol. The van der Waals surface area contributed by atoms with E-state index in [1.807, 2.05) is 0 Å². The minimum atomic E-state index is -4.16. The molecule has 2 heterocycles. The first-order valence-electron chi connectivity index (χ1n) is 8.09. The molecule has 0 unspecified atom stereocenters. The van der Waals surface area contributed by atoms with Crippen molar-refractivity contribution in [3.8, 4) is 0 Å². The predicted molar refractivity (Wildman–Crippen MR) is 99.3 cm³/mol. The lowest BCUT2D eigenvalue weighted by Gasteiger charge is -2.22. The summed E-state index contributed by atoms with van der Waals surface area (Å²) in [6, 6.07) is 5.85. The van der Waals surface area contributed by atoms with E-state index >= 15 is 0 Å². The van der Waals surface area contributed by atoms with Crippen molar-refractivity contribution in [1.82, 2.24) is 4.31 Å². The summed E-state index contributed by atoms with van der Waals surface area (Å²) in [5.74, 6) is -2.03. The van der Waals surface area contributed by atoms with Crippen LogP contribution >= 0.6 is 22.9 Å². The zero-order valence-corrected chi connectivity index (χ0v) is 16.6. The molecule has 150 valence electrons. The van der Waals surface area contributed by atoms with E-state index in [1.54, 1.807) is 0 Å². The lowest BCUT2D eigenvalue weighted by Crippen LogP contribution is -2.41. The Balaban J connectivity index is 1.73. The Bertz CT molecular complexity index is 991. The third-order valence-electron chi connectivity index (χ3n) is 4.12. The van der Waals surface area contributed by atoms with Crippen LogP contribution in [0.15, 0.2) is 41.3 Å². The van der Waals surface area contributed by atoms with Crippen molar-refractivity contribution >= 4 is 44.7 Å². The third kappa shape index (κ3) is 4.41. The number of benzene rings is 1. The normalized spacial score (nSPS) is 20.2. The average molecular weight is 448 g/mol. The fraction of sp³-hybridized carbons (Fsp3) is 0.294. The molecule has 7 nitrogen and oxygen atoms in total. The Morgan fingerprint density at radius 2 is 1.93 bits per heavy atom. The Labute approximate surface area is 169 Å². The molecule has 1 saturated heterocycles. The highest BCUT2D eigenvalue weighted by Gasteiger charge is 2.44. The van der Waals surface area contributed by atoms with Crippen molar-refractivity contribution in [2.45, 2.75) is 23.5 Å². The summed E-state index contributed by atoms with van der Waals surface area (Å²) in [7, 11) is -4.16. The summed E-state index contributed by atoms with van der Waals surface area (Å²) in [5.41, 5.74) is 0. The van der Waals surface area contributed by atoms with Crippen LogP contribution in [0.3, 0.4) is 0 Å². The highest BCUT2D eigenvalue weighted by molar-refractivity contribution is 7.89. The van der Waals surface area contributed by atoms with Crippen LogP contribution in [0.1, 0.15) is 16.1 Å². The van der Waals surface area contributed by atoms with E-state index in [2.05, 4.69) is 0 Å². The first-order valence-corrected chi connectivity index (χ1v) is 10.7. The molecule has 1 aliphatic heterocycles. The summed E-state index contributed by atoms with van der Waals surface area (Å²) in [5, 5.41) is 9.88. The summed E-state index contributed by atoms with van der Waals surface area (Å²) in [6.45, 7) is -0.888. The summed E-state index contributed by atoms with van der Waals surface area (Å²) in [6.07, 6.45) is -1.24. The molecule has 1 aromatic carbocycles. The SMILES string of the molecule is O=C(COC(=O)[C@@H]1C[C@@H](O)CN1S(=O)(=O)c1ccc(F)cc1)c1ccc(Cl)s1. The van der Waals surface area contributed by atoms with Crippen molar-refractivity contribution in [3.63, 3.8) is 0 Å². The topological polar surface area (TPSA) is 101 Å². The molecule has 1 aromatic heterocycles. The molecule has 0 bridgehead atoms. The molecule has 1 fully saturated rings. The zero-order valence-electron chi connectivity index (χ0n) is 14.2. The van der Waals surface area contributed by atoms with Crippen molar-refractivity contribution < 1.29 is 32.2 Å². The molecule has 0 amide bonds. The number of hydrogen-bond donors (Lipinski definition) is 1. The van der Waals surface area contributed by atoms with Gasteiger partial charge in [-0.15, -0.1) is 11.3 Å². The molecular formula is C17H15ClFNO6S2. The lowest BCUT2D eigenvalue weighted by atomic mass is 10.2. The average Bonchev–Trinajstić information content (AvgIpc) is 3.26. The summed E-state index contributed by atoms with van der Waals surface area (Å²) < 4.78 is 44.8. The number of sulfonamides is 1. The number of β-amino-alcohol motifs (C(OH)–C–C–N with tert-alkyl or cyclic N) is 1. The fourth-order valence-electron chi connectivity index (χ4n) is 2.77. The minimum Gasteiger partial charge on any atom is -0.456 e. The van der Waals surface area contributed by atoms with Gasteiger partial charge >= 0.3 is 5.97 Å². The third-order valence-corrected chi connectivity index (χ3v) is 7.28. The molecule has 0 radical (unpaired) electrons. The van der Waals surface area contributed by atoms with Gasteiger partial charge in [0, 0.05) is 13.0 Å². The highest BCUT2D eigenvalue weighted by Crippen LogP contribution is 2.28. The molecule has 0 aliphatic carbocycles. The molecule has 28 heavy (non-hydrogen) atoms. The standard InChI is InChI=1S/C17H15ClFNO6S2/c18-16-6-5-15(27-16)14(22)9-26-17(23)13-7-11(21)8-20(13)28(24,25)12-3-1-10(19)2-4-12/h1-6,11,13,21H,7-9H2/t11-,13+/m1/s1. The van der Waals surface area contributed by atoms with Gasteiger partial charge in [-0.1, -0.05) is 11.6 Å². The van der Waals surface area contributed by atoms with Gasteiger partial charge in [0.05, 0.1) is 20.2 Å². The number of thiophene rings is 1. The van der Waals surface area contributed by atoms with Crippen molar-refractivity contribution in [1.29, 1.82) is 0 Å². The van der Waals surface area contributed by atoms with Crippen LogP contribution < -0.4 is 0 Å². The van der Waals surface area contributed by atoms with E-state index in [9.17, 15) is 27.5 Å². The number of halogens is 2. The number of Topliss-reactive ketones (excluding diaryl/α,β-unsaturated/α-hetero) is 1. The molecule has 3 rings (SSSR count). The number of ether oxygens (including phenoxy) is 1. The number of nitrogens with zero attached hydrogens (tertiary/aromatic N) is 1. The van der Waals surface area contributed by atoms with E-state index in [0.29, 0.717) is 9.21 Å². The Morgan fingerprint density at radius 1 is 1.25 bits per heavy atom. The molecule has 0 saturated carbocycles. The quantitative estimate of drug-likeness (QED) is 0.537. The number of hydrogen-bond acceptors (Lipinski definition) is 7. The Morgan fingerprint density at radius 3 is 2.54 bits per heavy atom. The van der Waals surface area contributed by atoms with E-state index in [4.69, 9.17) is 16.3 Å². The van der Waals surface area contributed by atoms with Gasteiger partial charge in [0.15, 0.2) is 6.61 Å². The number of aliphatic hydroxyl groups excluding tert-OH is 1. The van der Waals surface area contributed by atoms with Crippen LogP contribution in [-0.2, 0) is 19.6 Å². The first kappa shape index (κ1) is 20.9. The van der Waals surface area contributed by atoms with Gasteiger partial charge < -0.3 is 9.84 Å². The smallest absolute Gasteiger partial charge is 0.325 e. The van der Waals surface area contributed by atoms with Crippen LogP contribution in [-0.4, -0.2) is 54.9 Å². The van der Waals surface area contributed by atoms with Gasteiger partial charge in [-0.25, -0.2) is 12.8 Å².